The van der Waals surface area contributed by atoms with Gasteiger partial charge in [-0.05, 0) is 24.3 Å². The third kappa shape index (κ3) is 2.97. The minimum absolute atomic E-state index is 0.206. The molecule has 0 atom stereocenters. The van der Waals surface area contributed by atoms with Crippen LogP contribution in [0.2, 0.25) is 0 Å². The van der Waals surface area contributed by atoms with E-state index in [1.54, 1.807) is 12.1 Å². The largest absolute Gasteiger partial charge is 0.389 e. The topological polar surface area (TPSA) is 55.1 Å². The van der Waals surface area contributed by atoms with Crippen LogP contribution in [0.5, 0.6) is 0 Å². The molecule has 6 heteroatoms. The molecule has 0 unspecified atom stereocenters. The summed E-state index contributed by atoms with van der Waals surface area (Å²) in [5.74, 6) is -2.29. The van der Waals surface area contributed by atoms with Gasteiger partial charge in [-0.15, -0.1) is 0 Å². The third-order valence-electron chi connectivity index (χ3n) is 2.63. The van der Waals surface area contributed by atoms with E-state index in [1.165, 1.54) is 18.2 Å². The summed E-state index contributed by atoms with van der Waals surface area (Å²) in [4.78, 5) is 12.1. The molecule has 3 N–H and O–H groups in total. The molecule has 1 amide bonds. The van der Waals surface area contributed by atoms with Crippen LogP contribution in [0, 0.1) is 11.6 Å². The Labute approximate surface area is 119 Å². The molecule has 2 aromatic rings. The smallest absolute Gasteiger partial charge is 0.255 e. The van der Waals surface area contributed by atoms with E-state index in [-0.39, 0.29) is 10.6 Å². The van der Waals surface area contributed by atoms with Crippen LogP contribution in [-0.4, -0.2) is 10.9 Å². The number of para-hydroxylation sites is 1. The second-order valence-electron chi connectivity index (χ2n) is 3.99. The quantitative estimate of drug-likeness (QED) is 0.855. The molecule has 20 heavy (non-hydrogen) atoms. The van der Waals surface area contributed by atoms with E-state index in [9.17, 15) is 13.6 Å². The molecule has 0 aromatic heterocycles. The first-order valence-corrected chi connectivity index (χ1v) is 6.05. The molecule has 2 aromatic carbocycles. The van der Waals surface area contributed by atoms with Crippen molar-refractivity contribution in [1.29, 1.82) is 0 Å². The van der Waals surface area contributed by atoms with Crippen LogP contribution in [0.25, 0.3) is 0 Å². The van der Waals surface area contributed by atoms with Crippen molar-refractivity contribution in [2.45, 2.75) is 0 Å². The lowest BCUT2D eigenvalue weighted by molar-refractivity contribution is 0.102. The summed E-state index contributed by atoms with van der Waals surface area (Å²) in [5, 5.41) is 2.19. The Morgan fingerprint density at radius 1 is 1.00 bits per heavy atom. The van der Waals surface area contributed by atoms with Crippen LogP contribution in [0.3, 0.4) is 0 Å². The lowest BCUT2D eigenvalue weighted by Gasteiger charge is -2.08. The fraction of sp³-hybridized carbons (Fsp3) is 0. The lowest BCUT2D eigenvalue weighted by Crippen LogP contribution is -2.15. The molecular weight excluding hydrogens is 282 g/mol. The normalized spacial score (nSPS) is 10.1. The van der Waals surface area contributed by atoms with Gasteiger partial charge in [0, 0.05) is 11.1 Å². The summed E-state index contributed by atoms with van der Waals surface area (Å²) < 4.78 is 26.8. The fourth-order valence-electron chi connectivity index (χ4n) is 1.59. The number of anilines is 1. The molecule has 0 saturated carbocycles. The van der Waals surface area contributed by atoms with Gasteiger partial charge in [0.2, 0.25) is 0 Å². The Bertz CT molecular complexity index is 651. The second kappa shape index (κ2) is 5.75. The number of hydrogen-bond donors (Lipinski definition) is 2. The van der Waals surface area contributed by atoms with E-state index in [4.69, 9.17) is 18.0 Å². The zero-order valence-corrected chi connectivity index (χ0v) is 11.0. The zero-order valence-electron chi connectivity index (χ0n) is 10.2. The number of halogens is 2. The Morgan fingerprint density at radius 2 is 1.50 bits per heavy atom. The van der Waals surface area contributed by atoms with Crippen LogP contribution in [0.4, 0.5) is 14.5 Å². The van der Waals surface area contributed by atoms with Gasteiger partial charge in [0.1, 0.15) is 22.3 Å². The van der Waals surface area contributed by atoms with Crippen molar-refractivity contribution >= 4 is 28.8 Å². The zero-order chi connectivity index (χ0) is 14.7. The standard InChI is InChI=1S/C14H10F2N2OS/c15-10-2-1-3-11(16)12(10)18-14(19)9-6-4-8(5-7-9)13(17)20/h1-7H,(H2,17,20)(H,18,19). The molecular formula is C14H10F2N2OS. The van der Waals surface area contributed by atoms with Gasteiger partial charge in [0.15, 0.2) is 0 Å². The molecule has 2 rings (SSSR count). The van der Waals surface area contributed by atoms with Crippen LogP contribution in [0.1, 0.15) is 15.9 Å². The van der Waals surface area contributed by atoms with Crippen molar-refractivity contribution in [3.8, 4) is 0 Å². The SMILES string of the molecule is NC(=S)c1ccc(C(=O)Nc2c(F)cccc2F)cc1. The summed E-state index contributed by atoms with van der Waals surface area (Å²) in [6, 6.07) is 9.43. The van der Waals surface area contributed by atoms with Gasteiger partial charge in [0.05, 0.1) is 0 Å². The number of nitrogens with one attached hydrogen (secondary N) is 1. The first kappa shape index (κ1) is 14.1. The predicted molar refractivity (Wildman–Crippen MR) is 76.6 cm³/mol. The molecule has 3 nitrogen and oxygen atoms in total. The highest BCUT2D eigenvalue weighted by Crippen LogP contribution is 2.19. The first-order chi connectivity index (χ1) is 9.49. The molecule has 0 bridgehead atoms. The average molecular weight is 292 g/mol. The van der Waals surface area contributed by atoms with E-state index in [2.05, 4.69) is 5.32 Å². The van der Waals surface area contributed by atoms with Crippen LogP contribution < -0.4 is 11.1 Å². The van der Waals surface area contributed by atoms with Gasteiger partial charge in [-0.3, -0.25) is 4.79 Å². The maximum atomic E-state index is 13.4. The number of amides is 1. The van der Waals surface area contributed by atoms with Crippen molar-refractivity contribution in [3.63, 3.8) is 0 Å². The molecule has 0 saturated heterocycles. The van der Waals surface area contributed by atoms with Crippen LogP contribution in [-0.2, 0) is 0 Å². The number of nitrogens with two attached hydrogens (primary N) is 1. The van der Waals surface area contributed by atoms with E-state index in [1.807, 2.05) is 0 Å². The maximum Gasteiger partial charge on any atom is 0.255 e. The lowest BCUT2D eigenvalue weighted by atomic mass is 10.1. The molecule has 0 radical (unpaired) electrons. The van der Waals surface area contributed by atoms with Gasteiger partial charge in [-0.2, -0.15) is 0 Å². The summed E-state index contributed by atoms with van der Waals surface area (Å²) in [6.45, 7) is 0. The number of carbonyl (C=O) groups excluding carboxylic acids is 1. The highest BCUT2D eigenvalue weighted by Gasteiger charge is 2.13. The van der Waals surface area contributed by atoms with E-state index in [0.29, 0.717) is 5.56 Å². The van der Waals surface area contributed by atoms with E-state index < -0.39 is 23.2 Å². The summed E-state index contributed by atoms with van der Waals surface area (Å²) in [5.41, 5.74) is 5.81. The minimum atomic E-state index is -0.835. The summed E-state index contributed by atoms with van der Waals surface area (Å²) in [6.07, 6.45) is 0. The fourth-order valence-corrected chi connectivity index (χ4v) is 1.72. The number of benzene rings is 2. The highest BCUT2D eigenvalue weighted by molar-refractivity contribution is 7.80. The van der Waals surface area contributed by atoms with E-state index in [0.717, 1.165) is 12.1 Å². The van der Waals surface area contributed by atoms with Crippen molar-refractivity contribution < 1.29 is 13.6 Å². The van der Waals surface area contributed by atoms with E-state index >= 15 is 0 Å². The molecule has 0 aliphatic heterocycles. The van der Waals surface area contributed by atoms with Crippen molar-refractivity contribution in [3.05, 3.63) is 65.2 Å². The minimum Gasteiger partial charge on any atom is -0.389 e. The third-order valence-corrected chi connectivity index (χ3v) is 2.87. The van der Waals surface area contributed by atoms with Gasteiger partial charge >= 0.3 is 0 Å². The number of carbonyl (C=O) groups is 1. The summed E-state index contributed by atoms with van der Waals surface area (Å²) in [7, 11) is 0. The Kier molecular flexibility index (Phi) is 4.05. The van der Waals surface area contributed by atoms with Crippen LogP contribution in [0.15, 0.2) is 42.5 Å². The van der Waals surface area contributed by atoms with Crippen molar-refractivity contribution in [1.82, 2.24) is 0 Å². The van der Waals surface area contributed by atoms with Crippen molar-refractivity contribution in [2.75, 3.05) is 5.32 Å². The average Bonchev–Trinajstić information content (AvgIpc) is 2.43. The monoisotopic (exact) mass is 292 g/mol. The highest BCUT2D eigenvalue weighted by atomic mass is 32.1. The number of rotatable bonds is 3. The first-order valence-electron chi connectivity index (χ1n) is 5.64. The Balaban J connectivity index is 2.22. The molecule has 102 valence electrons. The number of hydrogen-bond acceptors (Lipinski definition) is 2. The predicted octanol–water partition coefficient (Wildman–Crippen LogP) is 2.85. The molecule has 0 spiro atoms. The molecule has 0 heterocycles. The molecule has 0 aliphatic carbocycles. The van der Waals surface area contributed by atoms with Gasteiger partial charge in [-0.1, -0.05) is 30.4 Å². The Morgan fingerprint density at radius 3 is 2.00 bits per heavy atom. The van der Waals surface area contributed by atoms with Gasteiger partial charge in [-0.25, -0.2) is 8.78 Å². The summed E-state index contributed by atoms with van der Waals surface area (Å²) >= 11 is 4.79. The van der Waals surface area contributed by atoms with Crippen molar-refractivity contribution in [2.24, 2.45) is 5.73 Å². The maximum absolute atomic E-state index is 13.4. The second-order valence-corrected chi connectivity index (χ2v) is 4.43. The van der Waals surface area contributed by atoms with Crippen LogP contribution >= 0.6 is 12.2 Å². The molecule has 0 fully saturated rings. The number of thiocarbonyl (C=S) groups is 1. The van der Waals surface area contributed by atoms with Gasteiger partial charge in [0.25, 0.3) is 5.91 Å². The van der Waals surface area contributed by atoms with Gasteiger partial charge < -0.3 is 11.1 Å². The Hall–Kier alpha value is -2.34. The molecule has 0 aliphatic rings.